The summed E-state index contributed by atoms with van der Waals surface area (Å²) in [6, 6.07) is 10.5. The molecular weight excluding hydrogens is 270 g/mol. The van der Waals surface area contributed by atoms with Crippen molar-refractivity contribution in [2.75, 3.05) is 0 Å². The van der Waals surface area contributed by atoms with Gasteiger partial charge in [0, 0.05) is 11.3 Å². The van der Waals surface area contributed by atoms with Crippen molar-refractivity contribution < 1.29 is 0 Å². The van der Waals surface area contributed by atoms with E-state index >= 15 is 0 Å². The van der Waals surface area contributed by atoms with Crippen LogP contribution in [0.1, 0.15) is 30.7 Å². The second-order valence-electron chi connectivity index (χ2n) is 6.37. The molecule has 2 aromatic heterocycles. The van der Waals surface area contributed by atoms with Crippen LogP contribution in [-0.2, 0) is 6.42 Å². The lowest BCUT2D eigenvalue weighted by Gasteiger charge is -2.07. The summed E-state index contributed by atoms with van der Waals surface area (Å²) in [6.45, 7) is 8.60. The van der Waals surface area contributed by atoms with Gasteiger partial charge in [-0.2, -0.15) is 0 Å². The van der Waals surface area contributed by atoms with E-state index < -0.39 is 0 Å². The molecule has 2 heterocycles. The zero-order valence-corrected chi connectivity index (χ0v) is 13.6. The zero-order chi connectivity index (χ0) is 15.7. The van der Waals surface area contributed by atoms with Crippen molar-refractivity contribution in [1.29, 1.82) is 0 Å². The lowest BCUT2D eigenvalue weighted by atomic mass is 10.1. The van der Waals surface area contributed by atoms with E-state index in [-0.39, 0.29) is 0 Å². The molecule has 3 nitrogen and oxygen atoms in total. The van der Waals surface area contributed by atoms with Gasteiger partial charge >= 0.3 is 0 Å². The van der Waals surface area contributed by atoms with Gasteiger partial charge in [0.2, 0.25) is 0 Å². The van der Waals surface area contributed by atoms with Gasteiger partial charge in [-0.25, -0.2) is 9.97 Å². The van der Waals surface area contributed by atoms with Gasteiger partial charge < -0.3 is 0 Å². The highest BCUT2D eigenvalue weighted by atomic mass is 14.9. The number of pyridine rings is 1. The zero-order valence-electron chi connectivity index (χ0n) is 13.6. The number of fused-ring (bicyclic) bond motifs is 1. The Morgan fingerprint density at radius 1 is 0.955 bits per heavy atom. The maximum Gasteiger partial charge on any atom is 0.179 e. The molecule has 0 aliphatic rings. The Balaban J connectivity index is 2.07. The van der Waals surface area contributed by atoms with Gasteiger partial charge in [-0.05, 0) is 50.5 Å². The minimum Gasteiger partial charge on any atom is -0.251 e. The Bertz CT molecular complexity index is 802. The predicted octanol–water partition coefficient (Wildman–Crippen LogP) is 4.51. The van der Waals surface area contributed by atoms with E-state index in [1.165, 1.54) is 11.1 Å². The highest BCUT2D eigenvalue weighted by Crippen LogP contribution is 2.21. The van der Waals surface area contributed by atoms with Crippen LogP contribution in [0.3, 0.4) is 0 Å². The van der Waals surface area contributed by atoms with Gasteiger partial charge in [0.1, 0.15) is 5.52 Å². The summed E-state index contributed by atoms with van der Waals surface area (Å²) in [7, 11) is 0. The summed E-state index contributed by atoms with van der Waals surface area (Å²) >= 11 is 0. The summed E-state index contributed by atoms with van der Waals surface area (Å²) in [5.41, 5.74) is 7.11. The first-order valence-corrected chi connectivity index (χ1v) is 7.72. The fourth-order valence-corrected chi connectivity index (χ4v) is 2.73. The van der Waals surface area contributed by atoms with Crippen molar-refractivity contribution >= 4 is 11.2 Å². The Labute approximate surface area is 131 Å². The normalized spacial score (nSPS) is 11.3. The molecule has 0 aliphatic carbocycles. The third kappa shape index (κ3) is 3.14. The smallest absolute Gasteiger partial charge is 0.179 e. The average Bonchev–Trinajstić information content (AvgIpc) is 2.45. The lowest BCUT2D eigenvalue weighted by molar-refractivity contribution is 0.636. The van der Waals surface area contributed by atoms with Crippen LogP contribution < -0.4 is 0 Å². The first-order valence-electron chi connectivity index (χ1n) is 7.72. The summed E-state index contributed by atoms with van der Waals surface area (Å²) in [5, 5.41) is 0. The summed E-state index contributed by atoms with van der Waals surface area (Å²) in [5.74, 6) is 0.584. The van der Waals surface area contributed by atoms with Crippen LogP contribution in [-0.4, -0.2) is 15.0 Å². The molecule has 112 valence electrons. The molecule has 1 aromatic carbocycles. The molecule has 0 fully saturated rings. The Kier molecular flexibility index (Phi) is 3.88. The molecule has 3 rings (SSSR count). The molecule has 0 spiro atoms. The number of hydrogen-bond donors (Lipinski definition) is 0. The van der Waals surface area contributed by atoms with Crippen LogP contribution in [0.15, 0.2) is 36.5 Å². The SMILES string of the molecule is Cc1cc(C)cc(-c2cnc3ccc(CC(C)C)nc3n2)c1. The molecule has 0 N–H and O–H groups in total. The third-order valence-corrected chi connectivity index (χ3v) is 3.60. The highest BCUT2D eigenvalue weighted by molar-refractivity contribution is 5.73. The number of nitrogens with zero attached hydrogens (tertiary/aromatic N) is 3. The van der Waals surface area contributed by atoms with Crippen LogP contribution >= 0.6 is 0 Å². The van der Waals surface area contributed by atoms with E-state index in [2.05, 4.69) is 55.9 Å². The molecule has 0 unspecified atom stereocenters. The maximum atomic E-state index is 4.72. The van der Waals surface area contributed by atoms with E-state index in [0.29, 0.717) is 5.92 Å². The van der Waals surface area contributed by atoms with Gasteiger partial charge in [-0.3, -0.25) is 4.98 Å². The van der Waals surface area contributed by atoms with E-state index in [1.807, 2.05) is 18.3 Å². The molecule has 0 aliphatic heterocycles. The summed E-state index contributed by atoms with van der Waals surface area (Å²) in [4.78, 5) is 13.9. The van der Waals surface area contributed by atoms with Crippen LogP contribution in [0.2, 0.25) is 0 Å². The van der Waals surface area contributed by atoms with Crippen LogP contribution in [0, 0.1) is 19.8 Å². The van der Waals surface area contributed by atoms with Gasteiger partial charge in [0.25, 0.3) is 0 Å². The molecule has 22 heavy (non-hydrogen) atoms. The largest absolute Gasteiger partial charge is 0.251 e. The molecule has 0 radical (unpaired) electrons. The first-order chi connectivity index (χ1) is 10.5. The second-order valence-corrected chi connectivity index (χ2v) is 6.37. The minimum absolute atomic E-state index is 0.584. The molecule has 0 bridgehead atoms. The van der Waals surface area contributed by atoms with Crippen molar-refractivity contribution in [2.45, 2.75) is 34.1 Å². The summed E-state index contributed by atoms with van der Waals surface area (Å²) in [6.07, 6.45) is 2.80. The number of aromatic nitrogens is 3. The van der Waals surface area contributed by atoms with Gasteiger partial charge in [0.15, 0.2) is 5.65 Å². The highest BCUT2D eigenvalue weighted by Gasteiger charge is 2.07. The minimum atomic E-state index is 0.584. The number of hydrogen-bond acceptors (Lipinski definition) is 3. The van der Waals surface area contributed by atoms with Crippen molar-refractivity contribution in [3.63, 3.8) is 0 Å². The molecule has 3 heteroatoms. The number of aryl methyl sites for hydroxylation is 2. The van der Waals surface area contributed by atoms with E-state index in [4.69, 9.17) is 4.98 Å². The number of benzene rings is 1. The second kappa shape index (κ2) is 5.84. The molecular formula is C19H21N3. The fraction of sp³-hybridized carbons (Fsp3) is 0.316. The van der Waals surface area contributed by atoms with Crippen LogP contribution in [0.25, 0.3) is 22.4 Å². The van der Waals surface area contributed by atoms with E-state index in [1.54, 1.807) is 0 Å². The third-order valence-electron chi connectivity index (χ3n) is 3.60. The number of rotatable bonds is 3. The Hall–Kier alpha value is -2.29. The average molecular weight is 291 g/mol. The first kappa shape index (κ1) is 14.6. The van der Waals surface area contributed by atoms with Crippen molar-refractivity contribution in [1.82, 2.24) is 15.0 Å². The lowest BCUT2D eigenvalue weighted by Crippen LogP contribution is -1.99. The van der Waals surface area contributed by atoms with E-state index in [0.717, 1.165) is 34.5 Å². The van der Waals surface area contributed by atoms with Crippen molar-refractivity contribution in [3.8, 4) is 11.3 Å². The quantitative estimate of drug-likeness (QED) is 0.712. The van der Waals surface area contributed by atoms with Gasteiger partial charge in [0.05, 0.1) is 11.9 Å². The molecule has 0 amide bonds. The standard InChI is InChI=1S/C19H21N3/c1-12(2)7-16-5-6-17-19(21-16)22-18(11-20-17)15-9-13(3)8-14(4)10-15/h5-6,8-12H,7H2,1-4H3. The molecule has 0 saturated heterocycles. The Morgan fingerprint density at radius 2 is 1.68 bits per heavy atom. The fourth-order valence-electron chi connectivity index (χ4n) is 2.73. The molecule has 0 atom stereocenters. The topological polar surface area (TPSA) is 38.7 Å². The van der Waals surface area contributed by atoms with Crippen molar-refractivity contribution in [2.24, 2.45) is 5.92 Å². The van der Waals surface area contributed by atoms with Crippen LogP contribution in [0.4, 0.5) is 0 Å². The summed E-state index contributed by atoms with van der Waals surface area (Å²) < 4.78 is 0. The monoisotopic (exact) mass is 291 g/mol. The van der Waals surface area contributed by atoms with Gasteiger partial charge in [-0.1, -0.05) is 31.0 Å². The molecule has 0 saturated carbocycles. The van der Waals surface area contributed by atoms with E-state index in [9.17, 15) is 0 Å². The van der Waals surface area contributed by atoms with Gasteiger partial charge in [-0.15, -0.1) is 0 Å². The van der Waals surface area contributed by atoms with Crippen molar-refractivity contribution in [3.05, 3.63) is 53.3 Å². The maximum absolute atomic E-state index is 4.72. The molecule has 3 aromatic rings. The van der Waals surface area contributed by atoms with Crippen LogP contribution in [0.5, 0.6) is 0 Å². The Morgan fingerprint density at radius 3 is 2.36 bits per heavy atom. The predicted molar refractivity (Wildman–Crippen MR) is 90.8 cm³/mol.